The van der Waals surface area contributed by atoms with E-state index < -0.39 is 0 Å². The maximum atomic E-state index is 12.2. The number of hydrogen-bond acceptors (Lipinski definition) is 3. The minimum absolute atomic E-state index is 0.0178. The van der Waals surface area contributed by atoms with Crippen molar-refractivity contribution in [1.29, 1.82) is 0 Å². The number of ether oxygens (including phenoxy) is 1. The molecule has 0 bridgehead atoms. The largest absolute Gasteiger partial charge is 0.383 e. The van der Waals surface area contributed by atoms with Crippen LogP contribution < -0.4 is 11.1 Å². The maximum Gasteiger partial charge on any atom is 0.251 e. The predicted molar refractivity (Wildman–Crippen MR) is 75.3 cm³/mol. The molecule has 0 aliphatic heterocycles. The number of rotatable bonds is 6. The van der Waals surface area contributed by atoms with Crippen molar-refractivity contribution in [2.45, 2.75) is 31.7 Å². The molecule has 1 aromatic carbocycles. The van der Waals surface area contributed by atoms with E-state index >= 15 is 0 Å². The highest BCUT2D eigenvalue weighted by molar-refractivity contribution is 5.94. The average Bonchev–Trinajstić information content (AvgIpc) is 2.86. The van der Waals surface area contributed by atoms with E-state index in [2.05, 4.69) is 11.4 Å². The van der Waals surface area contributed by atoms with Crippen molar-refractivity contribution in [2.75, 3.05) is 20.3 Å². The third-order valence-electron chi connectivity index (χ3n) is 3.58. The van der Waals surface area contributed by atoms with E-state index in [-0.39, 0.29) is 11.9 Å². The van der Waals surface area contributed by atoms with E-state index in [1.807, 2.05) is 12.1 Å². The molecular formula is C15H22N2O2. The number of nitrogens with one attached hydrogen (secondary N) is 1. The third kappa shape index (κ3) is 3.55. The highest BCUT2D eigenvalue weighted by Gasteiger charge is 2.16. The molecule has 1 aromatic rings. The first kappa shape index (κ1) is 14.0. The van der Waals surface area contributed by atoms with Gasteiger partial charge in [-0.3, -0.25) is 4.79 Å². The summed E-state index contributed by atoms with van der Waals surface area (Å²) in [6.45, 7) is 1.03. The number of hydrogen-bond donors (Lipinski definition) is 2. The topological polar surface area (TPSA) is 64.3 Å². The molecule has 1 amide bonds. The molecule has 0 aromatic heterocycles. The van der Waals surface area contributed by atoms with Gasteiger partial charge in [-0.05, 0) is 55.5 Å². The minimum Gasteiger partial charge on any atom is -0.383 e. The standard InChI is InChI=1S/C15H22N2O2/c1-19-10-14(7-8-16)17-15(18)13-6-5-11-3-2-4-12(11)9-13/h5-6,9,14H,2-4,7-8,10,16H2,1H3,(H,17,18). The molecule has 1 aliphatic rings. The predicted octanol–water partition coefficient (Wildman–Crippen LogP) is 1.27. The fraction of sp³-hybridized carbons (Fsp3) is 0.533. The highest BCUT2D eigenvalue weighted by atomic mass is 16.5. The summed E-state index contributed by atoms with van der Waals surface area (Å²) >= 11 is 0. The molecule has 0 saturated carbocycles. The fourth-order valence-corrected chi connectivity index (χ4v) is 2.58. The van der Waals surface area contributed by atoms with Crippen LogP contribution in [-0.4, -0.2) is 32.2 Å². The number of methoxy groups -OCH3 is 1. The molecule has 0 fully saturated rings. The van der Waals surface area contributed by atoms with Gasteiger partial charge >= 0.3 is 0 Å². The summed E-state index contributed by atoms with van der Waals surface area (Å²) in [5.41, 5.74) is 8.97. The van der Waals surface area contributed by atoms with E-state index in [9.17, 15) is 4.79 Å². The molecule has 104 valence electrons. The lowest BCUT2D eigenvalue weighted by molar-refractivity contribution is 0.0893. The Labute approximate surface area is 114 Å². The van der Waals surface area contributed by atoms with Crippen molar-refractivity contribution < 1.29 is 9.53 Å². The molecule has 1 atom stereocenters. The summed E-state index contributed by atoms with van der Waals surface area (Å²) in [6.07, 6.45) is 4.14. The number of amides is 1. The van der Waals surface area contributed by atoms with E-state index in [1.165, 1.54) is 17.5 Å². The Hall–Kier alpha value is -1.39. The molecule has 19 heavy (non-hydrogen) atoms. The molecule has 0 saturated heterocycles. The first-order valence-corrected chi connectivity index (χ1v) is 6.86. The number of carbonyl (C=O) groups is 1. The first-order chi connectivity index (χ1) is 9.24. The normalized spacial score (nSPS) is 15.1. The molecule has 0 radical (unpaired) electrons. The van der Waals surface area contributed by atoms with Gasteiger partial charge in [0.1, 0.15) is 0 Å². The zero-order chi connectivity index (χ0) is 13.7. The second-order valence-electron chi connectivity index (χ2n) is 5.04. The van der Waals surface area contributed by atoms with Crippen molar-refractivity contribution in [3.8, 4) is 0 Å². The van der Waals surface area contributed by atoms with Crippen LogP contribution in [0.15, 0.2) is 18.2 Å². The maximum absolute atomic E-state index is 12.2. The van der Waals surface area contributed by atoms with Crippen molar-refractivity contribution in [1.82, 2.24) is 5.32 Å². The van der Waals surface area contributed by atoms with Gasteiger partial charge in [0.25, 0.3) is 5.91 Å². The molecule has 0 spiro atoms. The Morgan fingerprint density at radius 1 is 1.42 bits per heavy atom. The van der Waals surface area contributed by atoms with Crippen molar-refractivity contribution in [3.63, 3.8) is 0 Å². The molecule has 0 heterocycles. The van der Waals surface area contributed by atoms with E-state index in [0.29, 0.717) is 13.2 Å². The number of benzene rings is 1. The summed E-state index contributed by atoms with van der Waals surface area (Å²) in [7, 11) is 1.63. The molecule has 4 heteroatoms. The number of carbonyl (C=O) groups excluding carboxylic acids is 1. The Balaban J connectivity index is 2.02. The number of aryl methyl sites for hydroxylation is 2. The lowest BCUT2D eigenvalue weighted by atomic mass is 10.1. The lowest BCUT2D eigenvalue weighted by Gasteiger charge is -2.17. The average molecular weight is 262 g/mol. The molecule has 1 unspecified atom stereocenters. The quantitative estimate of drug-likeness (QED) is 0.811. The fourth-order valence-electron chi connectivity index (χ4n) is 2.58. The Morgan fingerprint density at radius 2 is 2.21 bits per heavy atom. The van der Waals surface area contributed by atoms with Crippen LogP contribution in [0.3, 0.4) is 0 Å². The number of fused-ring (bicyclic) bond motifs is 1. The Bertz CT molecular complexity index is 440. The highest BCUT2D eigenvalue weighted by Crippen LogP contribution is 2.22. The van der Waals surface area contributed by atoms with Crippen molar-refractivity contribution in [3.05, 3.63) is 34.9 Å². The van der Waals surface area contributed by atoms with Crippen molar-refractivity contribution in [2.24, 2.45) is 5.73 Å². The zero-order valence-corrected chi connectivity index (χ0v) is 11.4. The molecular weight excluding hydrogens is 240 g/mol. The van der Waals surface area contributed by atoms with Crippen LogP contribution in [-0.2, 0) is 17.6 Å². The summed E-state index contributed by atoms with van der Waals surface area (Å²) in [5, 5.41) is 2.98. The van der Waals surface area contributed by atoms with Crippen LogP contribution in [0, 0.1) is 0 Å². The first-order valence-electron chi connectivity index (χ1n) is 6.86. The SMILES string of the molecule is COCC(CCN)NC(=O)c1ccc2c(c1)CCC2. The van der Waals surface area contributed by atoms with Crippen LogP contribution in [0.25, 0.3) is 0 Å². The van der Waals surface area contributed by atoms with E-state index in [0.717, 1.165) is 24.8 Å². The second kappa shape index (κ2) is 6.68. The van der Waals surface area contributed by atoms with Gasteiger partial charge in [0.05, 0.1) is 12.6 Å². The monoisotopic (exact) mass is 262 g/mol. The van der Waals surface area contributed by atoms with Gasteiger partial charge in [-0.2, -0.15) is 0 Å². The van der Waals surface area contributed by atoms with Gasteiger partial charge in [-0.25, -0.2) is 0 Å². The molecule has 4 nitrogen and oxygen atoms in total. The van der Waals surface area contributed by atoms with Crippen molar-refractivity contribution >= 4 is 5.91 Å². The molecule has 3 N–H and O–H groups in total. The van der Waals surface area contributed by atoms with Gasteiger partial charge in [0, 0.05) is 12.7 Å². The van der Waals surface area contributed by atoms with Crippen LogP contribution in [0.5, 0.6) is 0 Å². The van der Waals surface area contributed by atoms with Gasteiger partial charge in [-0.1, -0.05) is 6.07 Å². The third-order valence-corrected chi connectivity index (χ3v) is 3.58. The lowest BCUT2D eigenvalue weighted by Crippen LogP contribution is -2.39. The summed E-state index contributed by atoms with van der Waals surface area (Å²) in [5.74, 6) is -0.0369. The number of nitrogens with two attached hydrogens (primary N) is 1. The summed E-state index contributed by atoms with van der Waals surface area (Å²) in [4.78, 5) is 12.2. The summed E-state index contributed by atoms with van der Waals surface area (Å²) in [6, 6.07) is 5.98. The Kier molecular flexibility index (Phi) is 4.93. The minimum atomic E-state index is -0.0369. The van der Waals surface area contributed by atoms with Gasteiger partial charge in [0.15, 0.2) is 0 Å². The van der Waals surface area contributed by atoms with E-state index in [1.54, 1.807) is 7.11 Å². The van der Waals surface area contributed by atoms with Gasteiger partial charge in [0.2, 0.25) is 0 Å². The molecule has 2 rings (SSSR count). The summed E-state index contributed by atoms with van der Waals surface area (Å²) < 4.78 is 5.10. The van der Waals surface area contributed by atoms with Crippen LogP contribution >= 0.6 is 0 Å². The zero-order valence-electron chi connectivity index (χ0n) is 11.4. The molecule has 1 aliphatic carbocycles. The second-order valence-corrected chi connectivity index (χ2v) is 5.04. The smallest absolute Gasteiger partial charge is 0.251 e. The van der Waals surface area contributed by atoms with Crippen LogP contribution in [0.1, 0.15) is 34.3 Å². The Morgan fingerprint density at radius 3 is 2.95 bits per heavy atom. The van der Waals surface area contributed by atoms with E-state index in [4.69, 9.17) is 10.5 Å². The van der Waals surface area contributed by atoms with Crippen LogP contribution in [0.2, 0.25) is 0 Å². The van der Waals surface area contributed by atoms with Crippen LogP contribution in [0.4, 0.5) is 0 Å². The van der Waals surface area contributed by atoms with Gasteiger partial charge in [-0.15, -0.1) is 0 Å². The van der Waals surface area contributed by atoms with Gasteiger partial charge < -0.3 is 15.8 Å².